The van der Waals surface area contributed by atoms with Crippen LogP contribution in [-0.4, -0.2) is 19.8 Å². The number of allylic oxidation sites excluding steroid dienone is 1. The molecule has 7 nitrogen and oxygen atoms in total. The molecule has 0 atom stereocenters. The molecular formula is C19H18ClN5O2. The maximum absolute atomic E-state index is 12.4. The number of hydrogen-bond donors (Lipinski definition) is 1. The molecule has 4 rings (SSSR count). The number of fused-ring (bicyclic) bond motifs is 1. The third-order valence-electron chi connectivity index (χ3n) is 4.80. The molecule has 1 aliphatic rings. The van der Waals surface area contributed by atoms with E-state index >= 15 is 0 Å². The Kier molecular flexibility index (Phi) is 4.33. The van der Waals surface area contributed by atoms with Gasteiger partial charge in [-0.3, -0.25) is 0 Å². The molecule has 1 aliphatic carbocycles. The van der Waals surface area contributed by atoms with Crippen LogP contribution in [0.5, 0.6) is 0 Å². The second kappa shape index (κ2) is 6.68. The Labute approximate surface area is 160 Å². The molecule has 0 saturated carbocycles. The lowest BCUT2D eigenvalue weighted by Gasteiger charge is -2.15. The van der Waals surface area contributed by atoms with Gasteiger partial charge in [0.15, 0.2) is 5.76 Å². The Morgan fingerprint density at radius 1 is 1.22 bits per heavy atom. The van der Waals surface area contributed by atoms with Crippen LogP contribution in [0.4, 0.5) is 0 Å². The molecule has 3 aromatic rings. The van der Waals surface area contributed by atoms with Crippen LogP contribution in [0.25, 0.3) is 17.0 Å². The minimum Gasteiger partial charge on any atom is -0.410 e. The normalized spacial score (nSPS) is 15.0. The molecule has 0 fully saturated rings. The van der Waals surface area contributed by atoms with E-state index in [9.17, 15) is 4.79 Å². The maximum atomic E-state index is 12.4. The van der Waals surface area contributed by atoms with Gasteiger partial charge in [0.05, 0.1) is 16.3 Å². The molecule has 2 aromatic carbocycles. The Bertz CT molecular complexity index is 1130. The van der Waals surface area contributed by atoms with Crippen molar-refractivity contribution in [2.24, 2.45) is 12.9 Å². The van der Waals surface area contributed by atoms with E-state index in [-0.39, 0.29) is 5.69 Å². The van der Waals surface area contributed by atoms with Gasteiger partial charge in [-0.2, -0.15) is 15.3 Å². The fraction of sp³-hybridized carbons (Fsp3) is 0.211. The zero-order valence-electron chi connectivity index (χ0n) is 14.9. The van der Waals surface area contributed by atoms with Crippen molar-refractivity contribution in [3.63, 3.8) is 0 Å². The molecule has 0 spiro atoms. The van der Waals surface area contributed by atoms with Gasteiger partial charge in [-0.1, -0.05) is 41.4 Å². The van der Waals surface area contributed by atoms with E-state index in [0.29, 0.717) is 22.0 Å². The minimum absolute atomic E-state index is 0.387. The van der Waals surface area contributed by atoms with Crippen LogP contribution in [0.15, 0.2) is 41.2 Å². The van der Waals surface area contributed by atoms with E-state index in [2.05, 4.69) is 28.6 Å². The summed E-state index contributed by atoms with van der Waals surface area (Å²) in [6.45, 7) is 2.04. The Balaban J connectivity index is 2.00. The van der Waals surface area contributed by atoms with Crippen molar-refractivity contribution in [3.05, 3.63) is 74.2 Å². The number of nitrogens with two attached hydrogens (primary N) is 1. The van der Waals surface area contributed by atoms with Gasteiger partial charge >= 0.3 is 5.69 Å². The molecule has 1 heterocycles. The average molecular weight is 384 g/mol. The molecule has 0 amide bonds. The maximum Gasteiger partial charge on any atom is 0.368 e. The highest BCUT2D eigenvalue weighted by atomic mass is 35.5. The van der Waals surface area contributed by atoms with E-state index in [1.165, 1.54) is 17.3 Å². The van der Waals surface area contributed by atoms with Gasteiger partial charge in [-0.25, -0.2) is 4.79 Å². The third kappa shape index (κ3) is 2.85. The standard InChI is InChI=1S/C19H18ClN5O2/c1-11-6-7-12-8-9-13(14(12)10-11)18(27-21)17-15(20)4-3-5-16(17)25-19(26)24(2)22-23-25/h3-7,10H,8-9,21H2,1-2H3/b18-13+. The van der Waals surface area contributed by atoms with Gasteiger partial charge in [-0.05, 0) is 53.5 Å². The van der Waals surface area contributed by atoms with E-state index < -0.39 is 0 Å². The molecule has 27 heavy (non-hydrogen) atoms. The topological polar surface area (TPSA) is 88.0 Å². The molecule has 138 valence electrons. The smallest absolute Gasteiger partial charge is 0.368 e. The summed E-state index contributed by atoms with van der Waals surface area (Å²) in [5.74, 6) is 6.14. The SMILES string of the molecule is Cc1ccc2c(c1)/C(=C(/ON)c1c(Cl)cccc1-n1nnn(C)c1=O)CC2. The number of benzene rings is 2. The first-order valence-electron chi connectivity index (χ1n) is 8.49. The van der Waals surface area contributed by atoms with E-state index in [0.717, 1.165) is 34.2 Å². The predicted molar refractivity (Wildman–Crippen MR) is 103 cm³/mol. The highest BCUT2D eigenvalue weighted by Crippen LogP contribution is 2.41. The number of nitrogens with zero attached hydrogens (tertiary/aromatic N) is 4. The summed E-state index contributed by atoms with van der Waals surface area (Å²) in [6.07, 6.45) is 1.66. The number of aryl methyl sites for hydroxylation is 3. The molecule has 8 heteroatoms. The summed E-state index contributed by atoms with van der Waals surface area (Å²) in [7, 11) is 1.53. The Hall–Kier alpha value is -2.90. The van der Waals surface area contributed by atoms with Gasteiger partial charge < -0.3 is 4.84 Å². The zero-order chi connectivity index (χ0) is 19.1. The van der Waals surface area contributed by atoms with Crippen LogP contribution in [0.2, 0.25) is 5.02 Å². The monoisotopic (exact) mass is 383 g/mol. The highest BCUT2D eigenvalue weighted by Gasteiger charge is 2.26. The third-order valence-corrected chi connectivity index (χ3v) is 5.11. The molecule has 0 unspecified atom stereocenters. The highest BCUT2D eigenvalue weighted by molar-refractivity contribution is 6.33. The van der Waals surface area contributed by atoms with Crippen molar-refractivity contribution in [1.82, 2.24) is 19.8 Å². The lowest BCUT2D eigenvalue weighted by molar-refractivity contribution is 0.291. The first kappa shape index (κ1) is 17.5. The minimum atomic E-state index is -0.387. The average Bonchev–Trinajstić information content (AvgIpc) is 3.21. The summed E-state index contributed by atoms with van der Waals surface area (Å²) in [5, 5.41) is 8.12. The van der Waals surface area contributed by atoms with Gasteiger partial charge in [0.25, 0.3) is 0 Å². The van der Waals surface area contributed by atoms with Crippen molar-refractivity contribution in [2.75, 3.05) is 0 Å². The Morgan fingerprint density at radius 3 is 2.74 bits per heavy atom. The lowest BCUT2D eigenvalue weighted by atomic mass is 10.00. The van der Waals surface area contributed by atoms with Crippen LogP contribution in [0, 0.1) is 6.92 Å². The van der Waals surface area contributed by atoms with Crippen LogP contribution in [0.1, 0.15) is 28.7 Å². The van der Waals surface area contributed by atoms with Crippen molar-refractivity contribution < 1.29 is 4.84 Å². The van der Waals surface area contributed by atoms with Crippen molar-refractivity contribution in [3.8, 4) is 5.69 Å². The first-order chi connectivity index (χ1) is 13.0. The fourth-order valence-electron chi connectivity index (χ4n) is 3.48. The molecule has 0 aliphatic heterocycles. The molecule has 0 saturated heterocycles. The van der Waals surface area contributed by atoms with Gasteiger partial charge in [0.1, 0.15) is 0 Å². The van der Waals surface area contributed by atoms with E-state index in [1.807, 2.05) is 6.92 Å². The number of tetrazole rings is 1. The van der Waals surface area contributed by atoms with Gasteiger partial charge in [0, 0.05) is 12.6 Å². The quantitative estimate of drug-likeness (QED) is 0.555. The number of rotatable bonds is 3. The van der Waals surface area contributed by atoms with E-state index in [4.69, 9.17) is 22.3 Å². The summed E-state index contributed by atoms with van der Waals surface area (Å²) >= 11 is 6.51. The Morgan fingerprint density at radius 2 is 2.04 bits per heavy atom. The van der Waals surface area contributed by atoms with Crippen molar-refractivity contribution >= 4 is 22.9 Å². The van der Waals surface area contributed by atoms with Crippen LogP contribution in [0.3, 0.4) is 0 Å². The number of hydrogen-bond acceptors (Lipinski definition) is 5. The molecule has 0 radical (unpaired) electrons. The summed E-state index contributed by atoms with van der Waals surface area (Å²) in [6, 6.07) is 11.5. The van der Waals surface area contributed by atoms with Gasteiger partial charge in [-0.15, -0.1) is 0 Å². The molecule has 0 bridgehead atoms. The van der Waals surface area contributed by atoms with Crippen molar-refractivity contribution in [1.29, 1.82) is 0 Å². The summed E-state index contributed by atoms with van der Waals surface area (Å²) < 4.78 is 2.34. The van der Waals surface area contributed by atoms with Gasteiger partial charge in [0.2, 0.25) is 0 Å². The van der Waals surface area contributed by atoms with Crippen LogP contribution >= 0.6 is 11.6 Å². The largest absolute Gasteiger partial charge is 0.410 e. The molecular weight excluding hydrogens is 366 g/mol. The fourth-order valence-corrected chi connectivity index (χ4v) is 3.73. The summed E-state index contributed by atoms with van der Waals surface area (Å²) in [4.78, 5) is 17.7. The second-order valence-corrected chi connectivity index (χ2v) is 6.92. The van der Waals surface area contributed by atoms with Crippen LogP contribution in [-0.2, 0) is 18.3 Å². The zero-order valence-corrected chi connectivity index (χ0v) is 15.7. The number of halogens is 1. The second-order valence-electron chi connectivity index (χ2n) is 6.52. The van der Waals surface area contributed by atoms with Crippen LogP contribution < -0.4 is 11.6 Å². The number of aromatic nitrogens is 4. The first-order valence-corrected chi connectivity index (χ1v) is 8.87. The molecule has 2 N–H and O–H groups in total. The summed E-state index contributed by atoms with van der Waals surface area (Å²) in [5.41, 5.74) is 5.03. The van der Waals surface area contributed by atoms with E-state index in [1.54, 1.807) is 18.2 Å². The molecule has 1 aromatic heterocycles. The predicted octanol–water partition coefficient (Wildman–Crippen LogP) is 2.63. The lowest BCUT2D eigenvalue weighted by Crippen LogP contribution is -2.23. The van der Waals surface area contributed by atoms with Crippen molar-refractivity contribution in [2.45, 2.75) is 19.8 Å².